The van der Waals surface area contributed by atoms with E-state index in [0.29, 0.717) is 18.9 Å². The highest BCUT2D eigenvalue weighted by atomic mass is 19.2. The monoisotopic (exact) mass is 245 g/mol. The largest absolute Gasteiger partial charge is 0.319 e. The van der Waals surface area contributed by atoms with E-state index in [4.69, 9.17) is 0 Å². The first-order valence-corrected chi connectivity index (χ1v) is 5.64. The Hall–Kier alpha value is -1.03. The van der Waals surface area contributed by atoms with E-state index < -0.39 is 17.5 Å². The molecule has 0 unspecified atom stereocenters. The second-order valence-electron chi connectivity index (χ2n) is 5.05. The number of benzene rings is 1. The van der Waals surface area contributed by atoms with E-state index >= 15 is 0 Å². The number of nitrogens with one attached hydrogen (secondary N) is 1. The van der Waals surface area contributed by atoms with Gasteiger partial charge in [-0.05, 0) is 43.5 Å². The van der Waals surface area contributed by atoms with Gasteiger partial charge in [-0.25, -0.2) is 13.2 Å². The third-order valence-corrected chi connectivity index (χ3v) is 2.82. The molecule has 0 heterocycles. The summed E-state index contributed by atoms with van der Waals surface area (Å²) in [7, 11) is 1.85. The van der Waals surface area contributed by atoms with Gasteiger partial charge in [-0.1, -0.05) is 13.8 Å². The Morgan fingerprint density at radius 1 is 1.06 bits per heavy atom. The van der Waals surface area contributed by atoms with Crippen LogP contribution in [0.1, 0.15) is 25.8 Å². The average molecular weight is 245 g/mol. The van der Waals surface area contributed by atoms with Crippen molar-refractivity contribution >= 4 is 0 Å². The lowest BCUT2D eigenvalue weighted by atomic mass is 9.86. The third-order valence-electron chi connectivity index (χ3n) is 2.82. The SMILES string of the molecule is CNCC(C)(C)CCc1cc(F)c(F)cc1F. The maximum atomic E-state index is 13.4. The fourth-order valence-corrected chi connectivity index (χ4v) is 1.80. The van der Waals surface area contributed by atoms with Crippen LogP contribution in [0.25, 0.3) is 0 Å². The molecule has 0 fully saturated rings. The molecule has 0 aliphatic carbocycles. The molecule has 0 atom stereocenters. The molecule has 1 nitrogen and oxygen atoms in total. The van der Waals surface area contributed by atoms with Crippen molar-refractivity contribution in [2.75, 3.05) is 13.6 Å². The van der Waals surface area contributed by atoms with Crippen molar-refractivity contribution in [2.45, 2.75) is 26.7 Å². The molecule has 0 radical (unpaired) electrons. The Labute approximate surface area is 100 Å². The minimum atomic E-state index is -1.14. The van der Waals surface area contributed by atoms with Crippen LogP contribution in [0.5, 0.6) is 0 Å². The van der Waals surface area contributed by atoms with Gasteiger partial charge < -0.3 is 5.32 Å². The average Bonchev–Trinajstić information content (AvgIpc) is 2.21. The van der Waals surface area contributed by atoms with Crippen molar-refractivity contribution in [1.29, 1.82) is 0 Å². The molecule has 0 spiro atoms. The first-order chi connectivity index (χ1) is 7.85. The van der Waals surface area contributed by atoms with Gasteiger partial charge in [-0.15, -0.1) is 0 Å². The summed E-state index contributed by atoms with van der Waals surface area (Å²) in [5.41, 5.74) is 0.222. The Bertz CT molecular complexity index is 388. The number of rotatable bonds is 5. The van der Waals surface area contributed by atoms with Gasteiger partial charge in [0.15, 0.2) is 11.6 Å². The lowest BCUT2D eigenvalue weighted by Crippen LogP contribution is -2.27. The molecule has 0 saturated carbocycles. The molecule has 0 aliphatic rings. The zero-order valence-electron chi connectivity index (χ0n) is 10.4. The maximum absolute atomic E-state index is 13.4. The van der Waals surface area contributed by atoms with Gasteiger partial charge in [0.05, 0.1) is 0 Å². The fraction of sp³-hybridized carbons (Fsp3) is 0.538. The lowest BCUT2D eigenvalue weighted by molar-refractivity contribution is 0.322. The molecule has 1 aromatic carbocycles. The van der Waals surface area contributed by atoms with Crippen molar-refractivity contribution in [2.24, 2.45) is 5.41 Å². The van der Waals surface area contributed by atoms with Crippen LogP contribution in [-0.4, -0.2) is 13.6 Å². The van der Waals surface area contributed by atoms with Crippen molar-refractivity contribution in [3.63, 3.8) is 0 Å². The van der Waals surface area contributed by atoms with Crippen LogP contribution >= 0.6 is 0 Å². The minimum absolute atomic E-state index is 0.00788. The van der Waals surface area contributed by atoms with Crippen molar-refractivity contribution < 1.29 is 13.2 Å². The van der Waals surface area contributed by atoms with Crippen molar-refractivity contribution in [3.8, 4) is 0 Å². The number of hydrogen-bond acceptors (Lipinski definition) is 1. The summed E-state index contributed by atoms with van der Waals surface area (Å²) in [6, 6.07) is 1.55. The zero-order chi connectivity index (χ0) is 13.1. The molecular formula is C13H18F3N. The van der Waals surface area contributed by atoms with Crippen LogP contribution in [0.15, 0.2) is 12.1 Å². The van der Waals surface area contributed by atoms with Crippen LogP contribution < -0.4 is 5.32 Å². The van der Waals surface area contributed by atoms with Gasteiger partial charge in [-0.3, -0.25) is 0 Å². The maximum Gasteiger partial charge on any atom is 0.161 e. The van der Waals surface area contributed by atoms with Gasteiger partial charge in [-0.2, -0.15) is 0 Å². The molecule has 0 amide bonds. The van der Waals surface area contributed by atoms with Gasteiger partial charge in [0.2, 0.25) is 0 Å². The molecule has 0 saturated heterocycles. The fourth-order valence-electron chi connectivity index (χ4n) is 1.80. The van der Waals surface area contributed by atoms with E-state index in [0.717, 1.165) is 12.6 Å². The van der Waals surface area contributed by atoms with E-state index in [1.165, 1.54) is 0 Å². The quantitative estimate of drug-likeness (QED) is 0.785. The molecule has 17 heavy (non-hydrogen) atoms. The predicted molar refractivity (Wildman–Crippen MR) is 62.3 cm³/mol. The minimum Gasteiger partial charge on any atom is -0.319 e. The van der Waals surface area contributed by atoms with Crippen LogP contribution in [0.3, 0.4) is 0 Å². The Kier molecular flexibility index (Phi) is 4.57. The first-order valence-electron chi connectivity index (χ1n) is 5.64. The van der Waals surface area contributed by atoms with Gasteiger partial charge >= 0.3 is 0 Å². The summed E-state index contributed by atoms with van der Waals surface area (Å²) < 4.78 is 39.1. The molecule has 4 heteroatoms. The normalized spacial score (nSPS) is 11.9. The molecule has 96 valence electrons. The molecule has 1 aromatic rings. The summed E-state index contributed by atoms with van der Waals surface area (Å²) in [6.07, 6.45) is 1.10. The first kappa shape index (κ1) is 14.0. The molecule has 1 N–H and O–H groups in total. The molecule has 1 rings (SSSR count). The smallest absolute Gasteiger partial charge is 0.161 e. The zero-order valence-corrected chi connectivity index (χ0v) is 10.4. The molecular weight excluding hydrogens is 227 g/mol. The van der Waals surface area contributed by atoms with Crippen molar-refractivity contribution in [1.82, 2.24) is 5.32 Å². The Balaban J connectivity index is 2.73. The highest BCUT2D eigenvalue weighted by molar-refractivity contribution is 5.20. The predicted octanol–water partition coefficient (Wildman–Crippen LogP) is 3.28. The van der Waals surface area contributed by atoms with Crippen LogP contribution in [-0.2, 0) is 6.42 Å². The van der Waals surface area contributed by atoms with Gasteiger partial charge in [0, 0.05) is 6.07 Å². The van der Waals surface area contributed by atoms with E-state index in [2.05, 4.69) is 5.32 Å². The Morgan fingerprint density at radius 3 is 2.24 bits per heavy atom. The lowest BCUT2D eigenvalue weighted by Gasteiger charge is -2.24. The van der Waals surface area contributed by atoms with E-state index in [1.807, 2.05) is 20.9 Å². The molecule has 0 aliphatic heterocycles. The summed E-state index contributed by atoms with van der Waals surface area (Å²) in [6.45, 7) is 4.88. The summed E-state index contributed by atoms with van der Waals surface area (Å²) in [4.78, 5) is 0. The topological polar surface area (TPSA) is 12.0 Å². The summed E-state index contributed by atoms with van der Waals surface area (Å²) >= 11 is 0. The van der Waals surface area contributed by atoms with Gasteiger partial charge in [0.1, 0.15) is 5.82 Å². The second kappa shape index (κ2) is 5.54. The van der Waals surface area contributed by atoms with Gasteiger partial charge in [0.25, 0.3) is 0 Å². The van der Waals surface area contributed by atoms with E-state index in [-0.39, 0.29) is 11.0 Å². The van der Waals surface area contributed by atoms with Crippen LogP contribution in [0.2, 0.25) is 0 Å². The Morgan fingerprint density at radius 2 is 1.65 bits per heavy atom. The number of halogens is 3. The van der Waals surface area contributed by atoms with E-state index in [9.17, 15) is 13.2 Å². The third kappa shape index (κ3) is 4.04. The van der Waals surface area contributed by atoms with E-state index in [1.54, 1.807) is 0 Å². The summed E-state index contributed by atoms with van der Waals surface area (Å²) in [5, 5.41) is 3.05. The summed E-state index contributed by atoms with van der Waals surface area (Å²) in [5.74, 6) is -2.81. The number of aryl methyl sites for hydroxylation is 1. The van der Waals surface area contributed by atoms with Crippen LogP contribution in [0, 0.1) is 22.9 Å². The standard InChI is InChI=1S/C13H18F3N/c1-13(2,8-17-3)5-4-9-6-11(15)12(16)7-10(9)14/h6-7,17H,4-5,8H2,1-3H3. The molecule has 0 bridgehead atoms. The number of hydrogen-bond donors (Lipinski definition) is 1. The molecule has 0 aromatic heterocycles. The highest BCUT2D eigenvalue weighted by Crippen LogP contribution is 2.23. The second-order valence-corrected chi connectivity index (χ2v) is 5.05. The van der Waals surface area contributed by atoms with Crippen molar-refractivity contribution in [3.05, 3.63) is 35.1 Å². The highest BCUT2D eigenvalue weighted by Gasteiger charge is 2.18. The van der Waals surface area contributed by atoms with Crippen LogP contribution in [0.4, 0.5) is 13.2 Å².